The summed E-state index contributed by atoms with van der Waals surface area (Å²) in [5.74, 6) is 0.152. The normalized spacial score (nSPS) is 10.8. The van der Waals surface area contributed by atoms with Crippen LogP contribution in [0.2, 0.25) is 0 Å². The Morgan fingerprint density at radius 2 is 1.90 bits per heavy atom. The van der Waals surface area contributed by atoms with Crippen molar-refractivity contribution in [2.45, 2.75) is 13.8 Å². The molecule has 2 aromatic carbocycles. The lowest BCUT2D eigenvalue weighted by molar-refractivity contribution is 0.624. The summed E-state index contributed by atoms with van der Waals surface area (Å²) < 4.78 is 15.0. The highest BCUT2D eigenvalue weighted by Gasteiger charge is 2.15. The molecule has 1 heterocycles. The van der Waals surface area contributed by atoms with Gasteiger partial charge in [-0.1, -0.05) is 17.7 Å². The van der Waals surface area contributed by atoms with Gasteiger partial charge in [0, 0.05) is 11.3 Å². The van der Waals surface area contributed by atoms with Crippen LogP contribution in [0.1, 0.15) is 11.1 Å². The van der Waals surface area contributed by atoms with Crippen LogP contribution in [0.3, 0.4) is 0 Å². The summed E-state index contributed by atoms with van der Waals surface area (Å²) in [6.07, 6.45) is 0. The van der Waals surface area contributed by atoms with Gasteiger partial charge in [-0.2, -0.15) is 4.68 Å². The van der Waals surface area contributed by atoms with E-state index >= 15 is 0 Å². The van der Waals surface area contributed by atoms with Gasteiger partial charge in [0.25, 0.3) is 0 Å². The maximum Gasteiger partial charge on any atom is 0.189 e. The molecule has 0 atom stereocenters. The smallest absolute Gasteiger partial charge is 0.189 e. The first-order valence-corrected chi connectivity index (χ1v) is 6.47. The fourth-order valence-corrected chi connectivity index (χ4v) is 2.19. The molecular formula is C15H14FN5. The molecule has 5 nitrogen and oxygen atoms in total. The summed E-state index contributed by atoms with van der Waals surface area (Å²) in [5, 5.41) is 11.7. The van der Waals surface area contributed by atoms with Gasteiger partial charge in [-0.05, 0) is 54.1 Å². The molecule has 0 aliphatic heterocycles. The molecule has 0 saturated carbocycles. The summed E-state index contributed by atoms with van der Waals surface area (Å²) in [6.45, 7) is 3.84. The van der Waals surface area contributed by atoms with E-state index in [1.807, 2.05) is 32.0 Å². The fraction of sp³-hybridized carbons (Fsp3) is 0.133. The number of halogens is 1. The molecule has 0 spiro atoms. The third kappa shape index (κ3) is 2.35. The highest BCUT2D eigenvalue weighted by Crippen LogP contribution is 2.27. The van der Waals surface area contributed by atoms with E-state index in [4.69, 9.17) is 5.73 Å². The van der Waals surface area contributed by atoms with Crippen molar-refractivity contribution in [3.05, 3.63) is 53.3 Å². The van der Waals surface area contributed by atoms with Crippen molar-refractivity contribution in [2.24, 2.45) is 0 Å². The van der Waals surface area contributed by atoms with E-state index in [1.165, 1.54) is 16.8 Å². The van der Waals surface area contributed by atoms with Gasteiger partial charge in [0.05, 0.1) is 5.69 Å². The summed E-state index contributed by atoms with van der Waals surface area (Å²) in [4.78, 5) is 0. The number of aromatic nitrogens is 4. The molecule has 3 rings (SSSR count). The van der Waals surface area contributed by atoms with Crippen LogP contribution in [0, 0.1) is 19.7 Å². The zero-order valence-electron chi connectivity index (χ0n) is 11.7. The number of hydrogen-bond acceptors (Lipinski definition) is 4. The minimum absolute atomic E-state index is 0.339. The highest BCUT2D eigenvalue weighted by molar-refractivity contribution is 5.73. The van der Waals surface area contributed by atoms with Crippen LogP contribution >= 0.6 is 0 Å². The number of anilines is 1. The van der Waals surface area contributed by atoms with Crippen LogP contribution < -0.4 is 5.73 Å². The SMILES string of the molecule is Cc1ccc(N)c(-c2nnnn2-c2cc(F)ccc2C)c1. The second kappa shape index (κ2) is 4.97. The zero-order valence-corrected chi connectivity index (χ0v) is 11.7. The minimum Gasteiger partial charge on any atom is -0.398 e. The van der Waals surface area contributed by atoms with E-state index < -0.39 is 0 Å². The van der Waals surface area contributed by atoms with Crippen molar-refractivity contribution in [3.8, 4) is 17.1 Å². The lowest BCUT2D eigenvalue weighted by atomic mass is 10.1. The van der Waals surface area contributed by atoms with Gasteiger partial charge in [-0.3, -0.25) is 0 Å². The maximum atomic E-state index is 13.5. The molecule has 6 heteroatoms. The Hall–Kier alpha value is -2.76. The van der Waals surface area contributed by atoms with Crippen molar-refractivity contribution in [2.75, 3.05) is 5.73 Å². The molecule has 0 aliphatic rings. The monoisotopic (exact) mass is 283 g/mol. The average Bonchev–Trinajstić information content (AvgIpc) is 2.93. The van der Waals surface area contributed by atoms with Gasteiger partial charge in [-0.15, -0.1) is 5.10 Å². The molecule has 0 amide bonds. The van der Waals surface area contributed by atoms with E-state index in [-0.39, 0.29) is 5.82 Å². The highest BCUT2D eigenvalue weighted by atomic mass is 19.1. The molecule has 0 fully saturated rings. The summed E-state index contributed by atoms with van der Waals surface area (Å²) in [7, 11) is 0. The van der Waals surface area contributed by atoms with Crippen LogP contribution in [0.15, 0.2) is 36.4 Å². The van der Waals surface area contributed by atoms with Gasteiger partial charge in [0.15, 0.2) is 5.82 Å². The van der Waals surface area contributed by atoms with E-state index in [9.17, 15) is 4.39 Å². The minimum atomic E-state index is -0.339. The molecule has 0 radical (unpaired) electrons. The number of nitrogens with two attached hydrogens (primary N) is 1. The van der Waals surface area contributed by atoms with Crippen LogP contribution in [0.4, 0.5) is 10.1 Å². The van der Waals surface area contributed by atoms with Gasteiger partial charge < -0.3 is 5.73 Å². The second-order valence-electron chi connectivity index (χ2n) is 4.94. The predicted octanol–water partition coefficient (Wildman–Crippen LogP) is 2.67. The molecule has 0 saturated heterocycles. The lowest BCUT2D eigenvalue weighted by Crippen LogP contribution is -2.04. The number of tetrazole rings is 1. The third-order valence-electron chi connectivity index (χ3n) is 3.32. The Kier molecular flexibility index (Phi) is 3.13. The average molecular weight is 283 g/mol. The summed E-state index contributed by atoms with van der Waals surface area (Å²) >= 11 is 0. The molecule has 2 N–H and O–H groups in total. The number of aryl methyl sites for hydroxylation is 2. The fourth-order valence-electron chi connectivity index (χ4n) is 2.19. The molecule has 3 aromatic rings. The number of rotatable bonds is 2. The first-order chi connectivity index (χ1) is 10.1. The first-order valence-electron chi connectivity index (χ1n) is 6.47. The van der Waals surface area contributed by atoms with Crippen LogP contribution in [-0.4, -0.2) is 20.2 Å². The van der Waals surface area contributed by atoms with Crippen molar-refractivity contribution in [1.82, 2.24) is 20.2 Å². The van der Waals surface area contributed by atoms with Crippen LogP contribution in [-0.2, 0) is 0 Å². The quantitative estimate of drug-likeness (QED) is 0.734. The van der Waals surface area contributed by atoms with E-state index in [2.05, 4.69) is 15.5 Å². The third-order valence-corrected chi connectivity index (χ3v) is 3.32. The largest absolute Gasteiger partial charge is 0.398 e. The number of hydrogen-bond donors (Lipinski definition) is 1. The molecule has 0 unspecified atom stereocenters. The summed E-state index contributed by atoms with van der Waals surface area (Å²) in [6, 6.07) is 10.1. The van der Waals surface area contributed by atoms with Crippen molar-refractivity contribution in [1.29, 1.82) is 0 Å². The number of benzene rings is 2. The second-order valence-corrected chi connectivity index (χ2v) is 4.94. The van der Waals surface area contributed by atoms with Gasteiger partial charge in [0.1, 0.15) is 5.82 Å². The number of nitrogen functional groups attached to an aromatic ring is 1. The van der Waals surface area contributed by atoms with Crippen molar-refractivity contribution >= 4 is 5.69 Å². The molecule has 0 bridgehead atoms. The molecule has 0 aliphatic carbocycles. The Morgan fingerprint density at radius 1 is 1.10 bits per heavy atom. The number of nitrogens with zero attached hydrogens (tertiary/aromatic N) is 4. The van der Waals surface area contributed by atoms with Gasteiger partial charge in [0.2, 0.25) is 0 Å². The van der Waals surface area contributed by atoms with Crippen LogP contribution in [0.5, 0.6) is 0 Å². The van der Waals surface area contributed by atoms with Gasteiger partial charge >= 0.3 is 0 Å². The van der Waals surface area contributed by atoms with E-state index in [0.29, 0.717) is 17.2 Å². The molecule has 106 valence electrons. The Bertz CT molecular complexity index is 744. The molecular weight excluding hydrogens is 269 g/mol. The standard InChI is InChI=1S/C15H14FN5/c1-9-3-6-13(17)12(7-9)15-18-19-20-21(15)14-8-11(16)5-4-10(14)2/h3-8H,17H2,1-2H3. The van der Waals surface area contributed by atoms with Crippen molar-refractivity contribution < 1.29 is 4.39 Å². The topological polar surface area (TPSA) is 69.6 Å². The molecule has 21 heavy (non-hydrogen) atoms. The van der Waals surface area contributed by atoms with Crippen LogP contribution in [0.25, 0.3) is 17.1 Å². The summed E-state index contributed by atoms with van der Waals surface area (Å²) in [5.41, 5.74) is 9.82. The lowest BCUT2D eigenvalue weighted by Gasteiger charge is -2.10. The maximum absolute atomic E-state index is 13.5. The van der Waals surface area contributed by atoms with Gasteiger partial charge in [-0.25, -0.2) is 4.39 Å². The zero-order chi connectivity index (χ0) is 15.0. The Labute approximate surface area is 121 Å². The van der Waals surface area contributed by atoms with E-state index in [0.717, 1.165) is 16.7 Å². The van der Waals surface area contributed by atoms with Crippen molar-refractivity contribution in [3.63, 3.8) is 0 Å². The van der Waals surface area contributed by atoms with E-state index in [1.54, 1.807) is 6.07 Å². The first kappa shape index (κ1) is 13.2. The Morgan fingerprint density at radius 3 is 2.71 bits per heavy atom. The Balaban J connectivity index is 2.22. The predicted molar refractivity (Wildman–Crippen MR) is 78.4 cm³/mol. The molecule has 1 aromatic heterocycles.